The van der Waals surface area contributed by atoms with E-state index in [-0.39, 0.29) is 42.5 Å². The fourth-order valence-corrected chi connectivity index (χ4v) is 3.56. The van der Waals surface area contributed by atoms with Crippen molar-refractivity contribution in [1.82, 2.24) is 19.6 Å². The summed E-state index contributed by atoms with van der Waals surface area (Å²) in [6.45, 7) is -0.425. The Morgan fingerprint density at radius 3 is 2.65 bits per heavy atom. The number of halogens is 4. The Bertz CT molecular complexity index is 1010. The monoisotopic (exact) mass is 459 g/mol. The largest absolute Gasteiger partial charge is 0.495 e. The third-order valence-corrected chi connectivity index (χ3v) is 5.02. The summed E-state index contributed by atoms with van der Waals surface area (Å²) in [5.74, 6) is -0.269. The van der Waals surface area contributed by atoms with Gasteiger partial charge in [0.25, 0.3) is 0 Å². The first-order valence-corrected chi connectivity index (χ1v) is 9.64. The number of hydrogen-bond acceptors (Lipinski definition) is 4. The SMILES string of the molecule is COc1ccc(Cl)cc1NC(=O)Cn1nc(C(F)(F)F)c2c1CN(C(=O)N(C)C)CC2. The number of alkyl halides is 3. The minimum atomic E-state index is -4.67. The average molecular weight is 460 g/mol. The normalized spacial score (nSPS) is 13.6. The summed E-state index contributed by atoms with van der Waals surface area (Å²) in [5.41, 5.74) is -0.570. The fourth-order valence-electron chi connectivity index (χ4n) is 3.39. The van der Waals surface area contributed by atoms with E-state index in [1.807, 2.05) is 0 Å². The molecule has 0 atom stereocenters. The highest BCUT2D eigenvalue weighted by atomic mass is 35.5. The second-order valence-electron chi connectivity index (χ2n) is 7.17. The van der Waals surface area contributed by atoms with Gasteiger partial charge in [-0.3, -0.25) is 9.48 Å². The number of carbonyl (C=O) groups is 2. The first kappa shape index (κ1) is 22.7. The van der Waals surface area contributed by atoms with E-state index in [2.05, 4.69) is 10.4 Å². The molecule has 2 aromatic rings. The molecule has 1 aliphatic heterocycles. The number of aromatic nitrogens is 2. The number of anilines is 1. The summed E-state index contributed by atoms with van der Waals surface area (Å²) >= 11 is 5.95. The van der Waals surface area contributed by atoms with Crippen molar-refractivity contribution >= 4 is 29.2 Å². The highest BCUT2D eigenvalue weighted by molar-refractivity contribution is 6.31. The molecule has 168 valence electrons. The van der Waals surface area contributed by atoms with Gasteiger partial charge in [0.05, 0.1) is 25.0 Å². The third-order valence-electron chi connectivity index (χ3n) is 4.79. The standard InChI is InChI=1S/C19H21ClF3N5O3/c1-26(2)18(30)27-7-6-12-14(9-27)28(25-17(12)19(21,22)23)10-16(29)24-13-8-11(20)4-5-15(13)31-3/h4-5,8H,6-7,9-10H2,1-3H3,(H,24,29). The van der Waals surface area contributed by atoms with Crippen LogP contribution < -0.4 is 10.1 Å². The van der Waals surface area contributed by atoms with Crippen LogP contribution in [0.25, 0.3) is 0 Å². The maximum Gasteiger partial charge on any atom is 0.435 e. The summed E-state index contributed by atoms with van der Waals surface area (Å²) in [5, 5.41) is 6.60. The van der Waals surface area contributed by atoms with Crippen LogP contribution in [0.5, 0.6) is 5.75 Å². The lowest BCUT2D eigenvalue weighted by Gasteiger charge is -2.30. The molecule has 1 aliphatic rings. The highest BCUT2D eigenvalue weighted by Gasteiger charge is 2.41. The number of amides is 3. The van der Waals surface area contributed by atoms with Gasteiger partial charge in [-0.2, -0.15) is 18.3 Å². The van der Waals surface area contributed by atoms with E-state index in [4.69, 9.17) is 16.3 Å². The number of carbonyl (C=O) groups excluding carboxylic acids is 2. The molecule has 0 fully saturated rings. The summed E-state index contributed by atoms with van der Waals surface area (Å²) in [7, 11) is 4.53. The molecule has 8 nitrogen and oxygen atoms in total. The van der Waals surface area contributed by atoms with E-state index in [1.54, 1.807) is 26.2 Å². The minimum Gasteiger partial charge on any atom is -0.495 e. The van der Waals surface area contributed by atoms with Crippen molar-refractivity contribution in [3.63, 3.8) is 0 Å². The molecule has 0 saturated heterocycles. The molecular weight excluding hydrogens is 439 g/mol. The Balaban J connectivity index is 1.89. The van der Waals surface area contributed by atoms with Gasteiger partial charge >= 0.3 is 12.2 Å². The summed E-state index contributed by atoms with van der Waals surface area (Å²) in [6, 6.07) is 4.27. The van der Waals surface area contributed by atoms with Gasteiger partial charge in [0, 0.05) is 31.2 Å². The van der Waals surface area contributed by atoms with Gasteiger partial charge in [-0.25, -0.2) is 4.79 Å². The Labute approximate surface area is 181 Å². The van der Waals surface area contributed by atoms with Crippen LogP contribution in [0.1, 0.15) is 17.0 Å². The van der Waals surface area contributed by atoms with Crippen LogP contribution in [-0.4, -0.2) is 59.3 Å². The number of rotatable bonds is 4. The molecule has 0 bridgehead atoms. The Morgan fingerprint density at radius 2 is 2.03 bits per heavy atom. The van der Waals surface area contributed by atoms with Gasteiger partial charge in [0.2, 0.25) is 5.91 Å². The zero-order valence-corrected chi connectivity index (χ0v) is 17.8. The van der Waals surface area contributed by atoms with Crippen molar-refractivity contribution in [2.75, 3.05) is 33.1 Å². The van der Waals surface area contributed by atoms with Crippen molar-refractivity contribution in [3.05, 3.63) is 40.2 Å². The summed E-state index contributed by atoms with van der Waals surface area (Å²) in [4.78, 5) is 27.6. The van der Waals surface area contributed by atoms with Gasteiger partial charge in [-0.15, -0.1) is 0 Å². The lowest BCUT2D eigenvalue weighted by Crippen LogP contribution is -2.42. The molecule has 0 saturated carbocycles. The first-order valence-electron chi connectivity index (χ1n) is 9.26. The molecule has 1 aromatic heterocycles. The number of nitrogens with zero attached hydrogens (tertiary/aromatic N) is 4. The molecule has 2 heterocycles. The van der Waals surface area contributed by atoms with Crippen molar-refractivity contribution in [3.8, 4) is 5.75 Å². The molecule has 31 heavy (non-hydrogen) atoms. The molecule has 3 rings (SSSR count). The molecule has 1 N–H and O–H groups in total. The molecule has 1 aromatic carbocycles. The van der Waals surface area contributed by atoms with Crippen molar-refractivity contribution < 1.29 is 27.5 Å². The smallest absolute Gasteiger partial charge is 0.435 e. The van der Waals surface area contributed by atoms with Crippen LogP contribution in [0.3, 0.4) is 0 Å². The lowest BCUT2D eigenvalue weighted by molar-refractivity contribution is -0.142. The van der Waals surface area contributed by atoms with Crippen LogP contribution in [0.15, 0.2) is 18.2 Å². The molecular formula is C19H21ClF3N5O3. The molecule has 0 unspecified atom stereocenters. The fraction of sp³-hybridized carbons (Fsp3) is 0.421. The zero-order valence-electron chi connectivity index (χ0n) is 17.1. The van der Waals surface area contributed by atoms with Gasteiger partial charge in [-0.05, 0) is 24.6 Å². The molecule has 3 amide bonds. The van der Waals surface area contributed by atoms with Crippen LogP contribution in [0.4, 0.5) is 23.7 Å². The van der Waals surface area contributed by atoms with Crippen LogP contribution in [0.2, 0.25) is 5.02 Å². The minimum absolute atomic E-state index is 0.00319. The number of nitrogens with one attached hydrogen (secondary N) is 1. The van der Waals surface area contributed by atoms with E-state index in [9.17, 15) is 22.8 Å². The van der Waals surface area contributed by atoms with Gasteiger partial charge < -0.3 is 19.9 Å². The van der Waals surface area contributed by atoms with Crippen molar-refractivity contribution in [2.45, 2.75) is 25.7 Å². The third kappa shape index (κ3) is 4.87. The van der Waals surface area contributed by atoms with Gasteiger partial charge in [0.1, 0.15) is 12.3 Å². The molecule has 0 spiro atoms. The quantitative estimate of drug-likeness (QED) is 0.761. The van der Waals surface area contributed by atoms with Gasteiger partial charge in [-0.1, -0.05) is 11.6 Å². The maximum atomic E-state index is 13.5. The van der Waals surface area contributed by atoms with Crippen LogP contribution in [-0.2, 0) is 30.5 Å². The zero-order chi connectivity index (χ0) is 22.9. The number of hydrogen-bond donors (Lipinski definition) is 1. The predicted molar refractivity (Wildman–Crippen MR) is 107 cm³/mol. The maximum absolute atomic E-state index is 13.5. The molecule has 12 heteroatoms. The molecule has 0 aliphatic carbocycles. The summed E-state index contributed by atoms with van der Waals surface area (Å²) < 4.78 is 46.7. The lowest BCUT2D eigenvalue weighted by atomic mass is 10.0. The number of methoxy groups -OCH3 is 1. The number of urea groups is 1. The first-order chi connectivity index (χ1) is 14.5. The van der Waals surface area contributed by atoms with E-state index in [0.29, 0.717) is 10.8 Å². The second-order valence-corrected chi connectivity index (χ2v) is 7.61. The number of ether oxygens (including phenoxy) is 1. The average Bonchev–Trinajstić information content (AvgIpc) is 3.05. The topological polar surface area (TPSA) is 79.7 Å². The second kappa shape index (κ2) is 8.66. The van der Waals surface area contributed by atoms with E-state index in [1.165, 1.54) is 23.0 Å². The van der Waals surface area contributed by atoms with Crippen LogP contribution in [0, 0.1) is 0 Å². The highest BCUT2D eigenvalue weighted by Crippen LogP contribution is 2.35. The van der Waals surface area contributed by atoms with Crippen LogP contribution >= 0.6 is 11.6 Å². The van der Waals surface area contributed by atoms with Gasteiger partial charge in [0.15, 0.2) is 5.69 Å². The van der Waals surface area contributed by atoms with Crippen molar-refractivity contribution in [2.24, 2.45) is 0 Å². The van der Waals surface area contributed by atoms with Crippen molar-refractivity contribution in [1.29, 1.82) is 0 Å². The Morgan fingerprint density at radius 1 is 1.32 bits per heavy atom. The number of benzene rings is 1. The molecule has 0 radical (unpaired) electrons. The summed E-state index contributed by atoms with van der Waals surface area (Å²) in [6.07, 6.45) is -4.68. The van der Waals surface area contributed by atoms with E-state index >= 15 is 0 Å². The number of fused-ring (bicyclic) bond motifs is 1. The predicted octanol–water partition coefficient (Wildman–Crippen LogP) is 3.24. The Hall–Kier alpha value is -2.95. The van der Waals surface area contributed by atoms with E-state index in [0.717, 1.165) is 4.68 Å². The Kier molecular flexibility index (Phi) is 6.35. The van der Waals surface area contributed by atoms with E-state index < -0.39 is 24.3 Å².